The van der Waals surface area contributed by atoms with Crippen LogP contribution in [0, 0.1) is 0 Å². The molecule has 0 fully saturated rings. The van der Waals surface area contributed by atoms with Crippen molar-refractivity contribution in [1.82, 2.24) is 14.8 Å². The fourth-order valence-electron chi connectivity index (χ4n) is 2.34. The van der Waals surface area contributed by atoms with Crippen molar-refractivity contribution >= 4 is 5.97 Å². The number of hydrogen-bond donors (Lipinski definition) is 1. The van der Waals surface area contributed by atoms with Crippen LogP contribution in [0.15, 0.2) is 47.1 Å². The summed E-state index contributed by atoms with van der Waals surface area (Å²) in [6.45, 7) is 1.45. The summed E-state index contributed by atoms with van der Waals surface area (Å²) in [5, 5.41) is 13.3. The number of ether oxygens (including phenoxy) is 2. The number of hydrogen-bond acceptors (Lipinski definition) is 6. The number of benzene rings is 1. The van der Waals surface area contributed by atoms with E-state index >= 15 is 0 Å². The molecule has 2 aromatic heterocycles. The molecule has 1 unspecified atom stereocenters. The molecule has 0 aliphatic heterocycles. The lowest BCUT2D eigenvalue weighted by Gasteiger charge is -2.15. The van der Waals surface area contributed by atoms with Gasteiger partial charge in [-0.15, -0.1) is 5.10 Å². The van der Waals surface area contributed by atoms with Crippen LogP contribution >= 0.6 is 0 Å². The first kappa shape index (κ1) is 16.6. The first-order valence-corrected chi connectivity index (χ1v) is 7.58. The van der Waals surface area contributed by atoms with Gasteiger partial charge in [0.2, 0.25) is 5.82 Å². The van der Waals surface area contributed by atoms with E-state index in [0.29, 0.717) is 28.9 Å². The Bertz CT molecular complexity index is 857. The largest absolute Gasteiger partial charge is 0.497 e. The molecule has 0 amide bonds. The molecule has 8 nitrogen and oxygen atoms in total. The zero-order chi connectivity index (χ0) is 17.8. The number of furan rings is 1. The average molecular weight is 343 g/mol. The SMILES string of the molecule is COc1cccc(OC(C)c2nc(-c3ccco3)nn2CC(=O)O)c1. The van der Waals surface area contributed by atoms with Crippen LogP contribution < -0.4 is 9.47 Å². The van der Waals surface area contributed by atoms with Crippen molar-refractivity contribution in [3.63, 3.8) is 0 Å². The third-order valence-electron chi connectivity index (χ3n) is 3.44. The molecule has 0 aliphatic carbocycles. The van der Waals surface area contributed by atoms with Crippen LogP contribution in [0.1, 0.15) is 18.9 Å². The van der Waals surface area contributed by atoms with E-state index in [1.165, 1.54) is 10.9 Å². The van der Waals surface area contributed by atoms with Crippen LogP contribution in [0.2, 0.25) is 0 Å². The van der Waals surface area contributed by atoms with Crippen molar-refractivity contribution in [2.45, 2.75) is 19.6 Å². The highest BCUT2D eigenvalue weighted by molar-refractivity contribution is 5.66. The van der Waals surface area contributed by atoms with E-state index in [2.05, 4.69) is 10.1 Å². The van der Waals surface area contributed by atoms with Gasteiger partial charge in [0, 0.05) is 6.07 Å². The van der Waals surface area contributed by atoms with Gasteiger partial charge < -0.3 is 19.0 Å². The number of carboxylic acid groups (broad SMARTS) is 1. The second-order valence-corrected chi connectivity index (χ2v) is 5.26. The molecular weight excluding hydrogens is 326 g/mol. The lowest BCUT2D eigenvalue weighted by Crippen LogP contribution is -2.17. The quantitative estimate of drug-likeness (QED) is 0.704. The van der Waals surface area contributed by atoms with Crippen LogP contribution in [-0.4, -0.2) is 33.0 Å². The van der Waals surface area contributed by atoms with Crippen molar-refractivity contribution in [2.24, 2.45) is 0 Å². The van der Waals surface area contributed by atoms with Gasteiger partial charge in [-0.25, -0.2) is 9.67 Å². The number of aromatic nitrogens is 3. The minimum Gasteiger partial charge on any atom is -0.497 e. The Morgan fingerprint density at radius 1 is 1.32 bits per heavy atom. The van der Waals surface area contributed by atoms with Gasteiger partial charge in [0.25, 0.3) is 0 Å². The van der Waals surface area contributed by atoms with Gasteiger partial charge in [-0.1, -0.05) is 6.07 Å². The lowest BCUT2D eigenvalue weighted by molar-refractivity contribution is -0.138. The van der Waals surface area contributed by atoms with Crippen molar-refractivity contribution in [2.75, 3.05) is 7.11 Å². The maximum Gasteiger partial charge on any atom is 0.325 e. The van der Waals surface area contributed by atoms with Crippen LogP contribution in [0.3, 0.4) is 0 Å². The zero-order valence-electron chi connectivity index (χ0n) is 13.7. The van der Waals surface area contributed by atoms with Gasteiger partial charge in [-0.3, -0.25) is 4.79 Å². The number of aliphatic carboxylic acids is 1. The van der Waals surface area contributed by atoms with Crippen molar-refractivity contribution in [1.29, 1.82) is 0 Å². The van der Waals surface area contributed by atoms with Crippen LogP contribution in [-0.2, 0) is 11.3 Å². The van der Waals surface area contributed by atoms with E-state index in [-0.39, 0.29) is 6.54 Å². The molecule has 3 aromatic rings. The monoisotopic (exact) mass is 343 g/mol. The lowest BCUT2D eigenvalue weighted by atomic mass is 10.3. The summed E-state index contributed by atoms with van der Waals surface area (Å²) in [4.78, 5) is 15.5. The molecule has 0 saturated carbocycles. The normalized spacial score (nSPS) is 11.9. The van der Waals surface area contributed by atoms with Gasteiger partial charge >= 0.3 is 5.97 Å². The summed E-state index contributed by atoms with van der Waals surface area (Å²) in [7, 11) is 1.57. The third-order valence-corrected chi connectivity index (χ3v) is 3.44. The standard InChI is InChI=1S/C17H17N3O5/c1-11(25-13-6-3-5-12(9-13)23-2)17-18-16(14-7-4-8-24-14)19-20(17)10-15(21)22/h3-9,11H,10H2,1-2H3,(H,21,22). The Morgan fingerprint density at radius 2 is 2.12 bits per heavy atom. The van der Waals surface area contributed by atoms with Gasteiger partial charge in [0.1, 0.15) is 18.0 Å². The molecule has 1 atom stereocenters. The number of methoxy groups -OCH3 is 1. The summed E-state index contributed by atoms with van der Waals surface area (Å²) >= 11 is 0. The van der Waals surface area contributed by atoms with Crippen molar-refractivity contribution < 1.29 is 23.8 Å². The van der Waals surface area contributed by atoms with Gasteiger partial charge in [0.05, 0.1) is 13.4 Å². The molecule has 2 heterocycles. The highest BCUT2D eigenvalue weighted by Gasteiger charge is 2.21. The predicted molar refractivity (Wildman–Crippen MR) is 87.4 cm³/mol. The second-order valence-electron chi connectivity index (χ2n) is 5.26. The number of nitrogens with zero attached hydrogens (tertiary/aromatic N) is 3. The number of rotatable bonds is 7. The van der Waals surface area contributed by atoms with Crippen LogP contribution in [0.25, 0.3) is 11.6 Å². The first-order valence-electron chi connectivity index (χ1n) is 7.58. The molecular formula is C17H17N3O5. The molecule has 0 aliphatic rings. The summed E-state index contributed by atoms with van der Waals surface area (Å²) in [5.41, 5.74) is 0. The second kappa shape index (κ2) is 7.08. The highest BCUT2D eigenvalue weighted by atomic mass is 16.5. The predicted octanol–water partition coefficient (Wildman–Crippen LogP) is 2.77. The molecule has 0 spiro atoms. The fourth-order valence-corrected chi connectivity index (χ4v) is 2.34. The Kier molecular flexibility index (Phi) is 4.69. The molecule has 0 saturated heterocycles. The Labute approximate surface area is 143 Å². The summed E-state index contributed by atoms with van der Waals surface area (Å²) in [6.07, 6.45) is 0.978. The Morgan fingerprint density at radius 3 is 2.80 bits per heavy atom. The molecule has 1 aromatic carbocycles. The first-order chi connectivity index (χ1) is 12.1. The van der Waals surface area contributed by atoms with E-state index in [1.807, 2.05) is 0 Å². The average Bonchev–Trinajstić information content (AvgIpc) is 3.24. The molecule has 3 rings (SSSR count). The minimum absolute atomic E-state index is 0.308. The number of carboxylic acids is 1. The van der Waals surface area contributed by atoms with Crippen LogP contribution in [0.5, 0.6) is 11.5 Å². The van der Waals surface area contributed by atoms with Crippen LogP contribution in [0.4, 0.5) is 0 Å². The van der Waals surface area contributed by atoms with Gasteiger partial charge in [0.15, 0.2) is 17.7 Å². The van der Waals surface area contributed by atoms with Gasteiger partial charge in [-0.2, -0.15) is 0 Å². The van der Waals surface area contributed by atoms with E-state index in [0.717, 1.165) is 0 Å². The van der Waals surface area contributed by atoms with Crippen molar-refractivity contribution in [3.8, 4) is 23.1 Å². The zero-order valence-corrected chi connectivity index (χ0v) is 13.7. The molecule has 25 heavy (non-hydrogen) atoms. The topological polar surface area (TPSA) is 99.6 Å². The highest BCUT2D eigenvalue weighted by Crippen LogP contribution is 2.26. The van der Waals surface area contributed by atoms with E-state index < -0.39 is 12.1 Å². The summed E-state index contributed by atoms with van der Waals surface area (Å²) < 4.78 is 17.6. The minimum atomic E-state index is -1.02. The summed E-state index contributed by atoms with van der Waals surface area (Å²) in [6, 6.07) is 10.5. The molecule has 8 heteroatoms. The van der Waals surface area contributed by atoms with E-state index in [9.17, 15) is 4.79 Å². The third kappa shape index (κ3) is 3.79. The Hall–Kier alpha value is -3.29. The van der Waals surface area contributed by atoms with E-state index in [1.54, 1.807) is 50.4 Å². The maximum atomic E-state index is 11.1. The smallest absolute Gasteiger partial charge is 0.325 e. The van der Waals surface area contributed by atoms with Gasteiger partial charge in [-0.05, 0) is 31.2 Å². The fraction of sp³-hybridized carbons (Fsp3) is 0.235. The molecule has 0 bridgehead atoms. The van der Waals surface area contributed by atoms with E-state index in [4.69, 9.17) is 19.0 Å². The molecule has 1 N–H and O–H groups in total. The molecule has 0 radical (unpaired) electrons. The molecule has 130 valence electrons. The number of carbonyl (C=O) groups is 1. The van der Waals surface area contributed by atoms with Crippen molar-refractivity contribution in [3.05, 3.63) is 48.5 Å². The maximum absolute atomic E-state index is 11.1. The Balaban J connectivity index is 1.89. The summed E-state index contributed by atoms with van der Waals surface area (Å²) in [5.74, 6) is 1.37.